The summed E-state index contributed by atoms with van der Waals surface area (Å²) in [4.78, 5) is 14.7. The molecule has 0 radical (unpaired) electrons. The van der Waals surface area contributed by atoms with E-state index in [4.69, 9.17) is 9.47 Å². The summed E-state index contributed by atoms with van der Waals surface area (Å²) in [6, 6.07) is 11.4. The maximum Gasteiger partial charge on any atom is 0.231 e. The van der Waals surface area contributed by atoms with Crippen LogP contribution < -0.4 is 14.8 Å². The number of amides is 1. The van der Waals surface area contributed by atoms with Crippen LogP contribution in [0.3, 0.4) is 0 Å². The van der Waals surface area contributed by atoms with Gasteiger partial charge >= 0.3 is 0 Å². The van der Waals surface area contributed by atoms with Crippen molar-refractivity contribution in [3.8, 4) is 11.5 Å². The Morgan fingerprint density at radius 1 is 1.10 bits per heavy atom. The first-order valence-corrected chi connectivity index (χ1v) is 9.98. The highest BCUT2D eigenvalue weighted by molar-refractivity contribution is 5.91. The first-order chi connectivity index (χ1) is 14.3. The molecule has 2 aromatic heterocycles. The maximum absolute atomic E-state index is 12.3. The number of ether oxygens (including phenoxy) is 2. The van der Waals surface area contributed by atoms with Crippen LogP contribution in [0.2, 0.25) is 0 Å². The summed E-state index contributed by atoms with van der Waals surface area (Å²) in [5.41, 5.74) is 1.63. The maximum atomic E-state index is 12.3. The lowest BCUT2D eigenvalue weighted by atomic mass is 9.96. The second-order valence-corrected chi connectivity index (χ2v) is 7.47. The van der Waals surface area contributed by atoms with Gasteiger partial charge in [-0.05, 0) is 50.2 Å². The minimum absolute atomic E-state index is 0.00874. The molecule has 0 unspecified atom stereocenters. The Hall–Kier alpha value is -3.13. The number of pyridine rings is 1. The zero-order chi connectivity index (χ0) is 19.6. The summed E-state index contributed by atoms with van der Waals surface area (Å²) in [6.45, 7) is 2.91. The average Bonchev–Trinajstić information content (AvgIpc) is 3.39. The fraction of sp³-hybridized carbons (Fsp3) is 0.381. The van der Waals surface area contributed by atoms with Gasteiger partial charge in [0.15, 0.2) is 17.1 Å². The van der Waals surface area contributed by atoms with Gasteiger partial charge in [0.25, 0.3) is 0 Å². The zero-order valence-electron chi connectivity index (χ0n) is 16.1. The Kier molecular flexibility index (Phi) is 4.77. The number of nitrogens with zero attached hydrogens (tertiary/aromatic N) is 4. The number of piperidine rings is 1. The van der Waals surface area contributed by atoms with Crippen molar-refractivity contribution in [2.24, 2.45) is 0 Å². The predicted molar refractivity (Wildman–Crippen MR) is 107 cm³/mol. The van der Waals surface area contributed by atoms with Gasteiger partial charge in [-0.2, -0.15) is 0 Å². The molecule has 0 atom stereocenters. The standard InChI is InChI=1S/C21H23N5O3/c27-20(22-16-4-5-17-18(13-16)29-14-28-17)8-12-25-10-6-15(7-11-25)21-24-23-19-3-1-2-9-26(19)21/h1-5,9,13,15H,6-8,10-12,14H2,(H,22,27). The molecule has 1 fully saturated rings. The van der Waals surface area contributed by atoms with E-state index in [0.717, 1.165) is 49.6 Å². The van der Waals surface area contributed by atoms with E-state index in [-0.39, 0.29) is 12.7 Å². The SMILES string of the molecule is O=C(CCN1CCC(c2nnc3ccccn23)CC1)Nc1ccc2c(c1)OCO2. The number of aromatic nitrogens is 3. The molecular weight excluding hydrogens is 370 g/mol. The van der Waals surface area contributed by atoms with Crippen molar-refractivity contribution in [1.82, 2.24) is 19.5 Å². The van der Waals surface area contributed by atoms with Crippen molar-refractivity contribution < 1.29 is 14.3 Å². The minimum atomic E-state index is 0.00874. The number of fused-ring (bicyclic) bond motifs is 2. The monoisotopic (exact) mass is 393 g/mol. The second-order valence-electron chi connectivity index (χ2n) is 7.47. The molecule has 150 valence electrons. The van der Waals surface area contributed by atoms with Crippen LogP contribution in [0.25, 0.3) is 5.65 Å². The largest absolute Gasteiger partial charge is 0.454 e. The third-order valence-corrected chi connectivity index (χ3v) is 5.60. The number of rotatable bonds is 5. The normalized spacial score (nSPS) is 17.0. The highest BCUT2D eigenvalue weighted by Crippen LogP contribution is 2.34. The van der Waals surface area contributed by atoms with E-state index < -0.39 is 0 Å². The summed E-state index contributed by atoms with van der Waals surface area (Å²) in [5, 5.41) is 11.6. The summed E-state index contributed by atoms with van der Waals surface area (Å²) in [7, 11) is 0. The summed E-state index contributed by atoms with van der Waals surface area (Å²) >= 11 is 0. The molecule has 1 saturated heterocycles. The van der Waals surface area contributed by atoms with Crippen molar-refractivity contribution in [2.75, 3.05) is 31.7 Å². The molecule has 0 spiro atoms. The molecule has 5 rings (SSSR count). The molecular formula is C21H23N5O3. The molecule has 29 heavy (non-hydrogen) atoms. The van der Waals surface area contributed by atoms with Gasteiger partial charge in [-0.3, -0.25) is 9.20 Å². The molecule has 2 aliphatic heterocycles. The van der Waals surface area contributed by atoms with Gasteiger partial charge in [0, 0.05) is 36.8 Å². The van der Waals surface area contributed by atoms with Gasteiger partial charge in [-0.15, -0.1) is 10.2 Å². The molecule has 0 saturated carbocycles. The topological polar surface area (TPSA) is 81.0 Å². The van der Waals surface area contributed by atoms with E-state index in [1.54, 1.807) is 6.07 Å². The quantitative estimate of drug-likeness (QED) is 0.718. The number of carbonyl (C=O) groups is 1. The Labute approximate surface area is 168 Å². The molecule has 2 aliphatic rings. The smallest absolute Gasteiger partial charge is 0.231 e. The Morgan fingerprint density at radius 2 is 1.97 bits per heavy atom. The molecule has 1 N–H and O–H groups in total. The Morgan fingerprint density at radius 3 is 2.86 bits per heavy atom. The lowest BCUT2D eigenvalue weighted by Crippen LogP contribution is -2.35. The van der Waals surface area contributed by atoms with Crippen LogP contribution in [0.4, 0.5) is 5.69 Å². The lowest BCUT2D eigenvalue weighted by Gasteiger charge is -2.30. The minimum Gasteiger partial charge on any atom is -0.454 e. The first-order valence-electron chi connectivity index (χ1n) is 9.98. The molecule has 4 heterocycles. The molecule has 1 aromatic carbocycles. The first kappa shape index (κ1) is 17.9. The molecule has 8 heteroatoms. The number of carbonyl (C=O) groups excluding carboxylic acids is 1. The van der Waals surface area contributed by atoms with Gasteiger partial charge in [-0.25, -0.2) is 0 Å². The van der Waals surface area contributed by atoms with Crippen molar-refractivity contribution in [3.05, 3.63) is 48.4 Å². The van der Waals surface area contributed by atoms with Crippen LogP contribution in [0.15, 0.2) is 42.6 Å². The fourth-order valence-electron chi connectivity index (χ4n) is 4.01. The highest BCUT2D eigenvalue weighted by Gasteiger charge is 2.24. The van der Waals surface area contributed by atoms with E-state index >= 15 is 0 Å². The molecule has 1 amide bonds. The van der Waals surface area contributed by atoms with Gasteiger partial charge in [0.1, 0.15) is 5.82 Å². The third kappa shape index (κ3) is 3.75. The molecule has 0 aliphatic carbocycles. The van der Waals surface area contributed by atoms with Crippen LogP contribution in [-0.4, -0.2) is 51.8 Å². The molecule has 0 bridgehead atoms. The summed E-state index contributed by atoms with van der Waals surface area (Å²) < 4.78 is 12.7. The number of benzene rings is 1. The Bertz CT molecular complexity index is 1030. The van der Waals surface area contributed by atoms with E-state index in [1.165, 1.54) is 0 Å². The number of hydrogen-bond acceptors (Lipinski definition) is 6. The van der Waals surface area contributed by atoms with Gasteiger partial charge in [-0.1, -0.05) is 6.07 Å². The van der Waals surface area contributed by atoms with E-state index in [0.29, 0.717) is 23.8 Å². The average molecular weight is 393 g/mol. The van der Waals surface area contributed by atoms with Crippen LogP contribution in [0.5, 0.6) is 11.5 Å². The summed E-state index contributed by atoms with van der Waals surface area (Å²) in [6.07, 6.45) is 4.55. The third-order valence-electron chi connectivity index (χ3n) is 5.60. The number of anilines is 1. The number of likely N-dealkylation sites (tertiary alicyclic amines) is 1. The second kappa shape index (κ2) is 7.71. The van der Waals surface area contributed by atoms with Crippen molar-refractivity contribution in [1.29, 1.82) is 0 Å². The van der Waals surface area contributed by atoms with Crippen molar-refractivity contribution in [3.63, 3.8) is 0 Å². The predicted octanol–water partition coefficient (Wildman–Crippen LogP) is 2.67. The number of hydrogen-bond donors (Lipinski definition) is 1. The van der Waals surface area contributed by atoms with Gasteiger partial charge in [0.05, 0.1) is 0 Å². The fourth-order valence-corrected chi connectivity index (χ4v) is 4.01. The lowest BCUT2D eigenvalue weighted by molar-refractivity contribution is -0.116. The van der Waals surface area contributed by atoms with Gasteiger partial charge < -0.3 is 19.7 Å². The summed E-state index contributed by atoms with van der Waals surface area (Å²) in [5.74, 6) is 2.85. The molecule has 8 nitrogen and oxygen atoms in total. The van der Waals surface area contributed by atoms with Crippen molar-refractivity contribution >= 4 is 17.2 Å². The van der Waals surface area contributed by atoms with E-state index in [2.05, 4.69) is 24.8 Å². The van der Waals surface area contributed by atoms with Gasteiger partial charge in [0.2, 0.25) is 12.7 Å². The van der Waals surface area contributed by atoms with Crippen molar-refractivity contribution in [2.45, 2.75) is 25.2 Å². The van der Waals surface area contributed by atoms with E-state index in [9.17, 15) is 4.79 Å². The highest BCUT2D eigenvalue weighted by atomic mass is 16.7. The zero-order valence-corrected chi connectivity index (χ0v) is 16.1. The molecule has 3 aromatic rings. The van der Waals surface area contributed by atoms with Crippen LogP contribution in [0, 0.1) is 0 Å². The van der Waals surface area contributed by atoms with E-state index in [1.807, 2.05) is 36.5 Å². The Balaban J connectivity index is 1.11. The van der Waals surface area contributed by atoms with Crippen LogP contribution in [0.1, 0.15) is 31.0 Å². The van der Waals surface area contributed by atoms with Crippen LogP contribution in [-0.2, 0) is 4.79 Å². The number of nitrogens with one attached hydrogen (secondary N) is 1. The van der Waals surface area contributed by atoms with Crippen LogP contribution >= 0.6 is 0 Å².